The summed E-state index contributed by atoms with van der Waals surface area (Å²) in [6.07, 6.45) is 7.12. The highest BCUT2D eigenvalue weighted by Crippen LogP contribution is 2.24. The average Bonchev–Trinajstić information content (AvgIpc) is 3.17. The smallest absolute Gasteiger partial charge is 0.00683 e. The number of hydrogen-bond acceptors (Lipinski definition) is 3. The van der Waals surface area contributed by atoms with Crippen LogP contribution in [0.15, 0.2) is 0 Å². The highest BCUT2D eigenvalue weighted by atomic mass is 15.2. The second kappa shape index (κ2) is 6.55. The predicted molar refractivity (Wildman–Crippen MR) is 80.4 cm³/mol. The molecule has 2 heterocycles. The normalized spacial score (nSPS) is 31.1. The molecule has 1 N–H and O–H groups in total. The van der Waals surface area contributed by atoms with Crippen LogP contribution in [-0.2, 0) is 0 Å². The molecule has 3 heteroatoms. The van der Waals surface area contributed by atoms with Gasteiger partial charge in [-0.3, -0.25) is 0 Å². The molecular weight excluding hydrogens is 234 g/mol. The van der Waals surface area contributed by atoms with E-state index >= 15 is 0 Å². The van der Waals surface area contributed by atoms with Crippen LogP contribution >= 0.6 is 0 Å². The van der Waals surface area contributed by atoms with Crippen LogP contribution in [0, 0.1) is 11.8 Å². The molecule has 1 unspecified atom stereocenters. The van der Waals surface area contributed by atoms with E-state index in [9.17, 15) is 0 Å². The zero-order valence-corrected chi connectivity index (χ0v) is 12.6. The highest BCUT2D eigenvalue weighted by molar-refractivity contribution is 4.85. The predicted octanol–water partition coefficient (Wildman–Crippen LogP) is 1.79. The van der Waals surface area contributed by atoms with Crippen molar-refractivity contribution in [3.8, 4) is 0 Å². The van der Waals surface area contributed by atoms with Crippen LogP contribution in [0.3, 0.4) is 0 Å². The summed E-state index contributed by atoms with van der Waals surface area (Å²) >= 11 is 0. The van der Waals surface area contributed by atoms with Gasteiger partial charge in [-0.15, -0.1) is 0 Å². The van der Waals surface area contributed by atoms with Gasteiger partial charge in [0.25, 0.3) is 0 Å². The average molecular weight is 265 g/mol. The molecule has 3 rings (SSSR count). The Morgan fingerprint density at radius 3 is 2.26 bits per heavy atom. The molecule has 2 saturated heterocycles. The van der Waals surface area contributed by atoms with E-state index in [-0.39, 0.29) is 0 Å². The topological polar surface area (TPSA) is 18.5 Å². The Kier molecular flexibility index (Phi) is 4.78. The van der Waals surface area contributed by atoms with E-state index in [1.54, 1.807) is 0 Å². The van der Waals surface area contributed by atoms with Crippen LogP contribution in [-0.4, -0.2) is 61.7 Å². The Labute approximate surface area is 118 Å². The van der Waals surface area contributed by atoms with Crippen LogP contribution in [0.2, 0.25) is 0 Å². The summed E-state index contributed by atoms with van der Waals surface area (Å²) in [6.45, 7) is 11.6. The number of hydrogen-bond donors (Lipinski definition) is 1. The lowest BCUT2D eigenvalue weighted by Gasteiger charge is -2.33. The number of piperidine rings is 1. The number of likely N-dealkylation sites (tertiary alicyclic amines) is 2. The van der Waals surface area contributed by atoms with E-state index in [1.807, 2.05) is 0 Å². The van der Waals surface area contributed by atoms with Crippen molar-refractivity contribution in [2.24, 2.45) is 11.8 Å². The largest absolute Gasteiger partial charge is 0.314 e. The maximum Gasteiger partial charge on any atom is 0.00683 e. The summed E-state index contributed by atoms with van der Waals surface area (Å²) < 4.78 is 0. The van der Waals surface area contributed by atoms with Crippen molar-refractivity contribution < 1.29 is 0 Å². The van der Waals surface area contributed by atoms with Crippen molar-refractivity contribution in [1.82, 2.24) is 15.1 Å². The van der Waals surface area contributed by atoms with E-state index < -0.39 is 0 Å². The second-order valence-electron chi connectivity index (χ2n) is 6.97. The zero-order valence-electron chi connectivity index (χ0n) is 12.6. The number of nitrogens with one attached hydrogen (secondary N) is 1. The fraction of sp³-hybridized carbons (Fsp3) is 1.00. The lowest BCUT2D eigenvalue weighted by molar-refractivity contribution is 0.157. The molecule has 0 amide bonds. The first-order chi connectivity index (χ1) is 9.33. The molecule has 110 valence electrons. The zero-order chi connectivity index (χ0) is 13.1. The molecular formula is C16H31N3. The highest BCUT2D eigenvalue weighted by Gasteiger charge is 2.28. The maximum atomic E-state index is 3.70. The van der Waals surface area contributed by atoms with Crippen LogP contribution in [0.25, 0.3) is 0 Å². The number of nitrogens with zero attached hydrogens (tertiary/aromatic N) is 2. The van der Waals surface area contributed by atoms with E-state index in [0.717, 1.165) is 17.9 Å². The lowest BCUT2D eigenvalue weighted by Crippen LogP contribution is -2.38. The summed E-state index contributed by atoms with van der Waals surface area (Å²) in [5.41, 5.74) is 0. The van der Waals surface area contributed by atoms with Crippen molar-refractivity contribution in [3.63, 3.8) is 0 Å². The molecule has 1 aliphatic carbocycles. The van der Waals surface area contributed by atoms with E-state index in [0.29, 0.717) is 0 Å². The van der Waals surface area contributed by atoms with Gasteiger partial charge in [-0.1, -0.05) is 6.92 Å². The fourth-order valence-electron chi connectivity index (χ4n) is 3.72. The third-order valence-corrected chi connectivity index (χ3v) is 5.31. The molecule has 3 nitrogen and oxygen atoms in total. The van der Waals surface area contributed by atoms with Gasteiger partial charge in [-0.25, -0.2) is 0 Å². The van der Waals surface area contributed by atoms with Crippen LogP contribution < -0.4 is 5.32 Å². The minimum Gasteiger partial charge on any atom is -0.314 e. The van der Waals surface area contributed by atoms with Crippen LogP contribution in [0.4, 0.5) is 0 Å². The monoisotopic (exact) mass is 265 g/mol. The summed E-state index contributed by atoms with van der Waals surface area (Å²) in [6, 6.07) is 0.882. The van der Waals surface area contributed by atoms with Gasteiger partial charge in [-0.2, -0.15) is 0 Å². The molecule has 1 atom stereocenters. The molecule has 19 heavy (non-hydrogen) atoms. The minimum absolute atomic E-state index is 0.882. The molecule has 3 aliphatic rings. The van der Waals surface area contributed by atoms with Gasteiger partial charge in [0.15, 0.2) is 0 Å². The minimum atomic E-state index is 0.882. The fourth-order valence-corrected chi connectivity index (χ4v) is 3.72. The SMILES string of the molecule is CCN1CCC(CN2CCC(CNC3CC3)C2)CC1. The molecule has 1 saturated carbocycles. The molecule has 0 aromatic rings. The quantitative estimate of drug-likeness (QED) is 0.790. The third kappa shape index (κ3) is 4.17. The van der Waals surface area contributed by atoms with Gasteiger partial charge in [0.2, 0.25) is 0 Å². The van der Waals surface area contributed by atoms with E-state index in [1.165, 1.54) is 77.9 Å². The first-order valence-corrected chi connectivity index (χ1v) is 8.51. The third-order valence-electron chi connectivity index (χ3n) is 5.31. The molecule has 0 bridgehead atoms. The van der Waals surface area contributed by atoms with Gasteiger partial charge in [0.1, 0.15) is 0 Å². The van der Waals surface area contributed by atoms with Crippen molar-refractivity contribution >= 4 is 0 Å². The molecule has 3 fully saturated rings. The standard InChI is InChI=1S/C16H31N3/c1-2-18-8-5-14(6-9-18)12-19-10-7-15(13-19)11-17-16-3-4-16/h14-17H,2-13H2,1H3. The van der Waals surface area contributed by atoms with Gasteiger partial charge in [0.05, 0.1) is 0 Å². The Morgan fingerprint density at radius 2 is 1.58 bits per heavy atom. The molecule has 2 aliphatic heterocycles. The van der Waals surface area contributed by atoms with E-state index in [2.05, 4.69) is 22.0 Å². The second-order valence-corrected chi connectivity index (χ2v) is 6.97. The maximum absolute atomic E-state index is 3.70. The first kappa shape index (κ1) is 13.8. The van der Waals surface area contributed by atoms with Gasteiger partial charge in [0, 0.05) is 19.1 Å². The number of rotatable bonds is 6. The van der Waals surface area contributed by atoms with Crippen molar-refractivity contribution in [2.75, 3.05) is 45.8 Å². The molecule has 0 spiro atoms. The summed E-state index contributed by atoms with van der Waals surface area (Å²) in [4.78, 5) is 5.34. The Bertz CT molecular complexity index is 269. The summed E-state index contributed by atoms with van der Waals surface area (Å²) in [5.74, 6) is 1.90. The molecule has 0 aromatic carbocycles. The lowest BCUT2D eigenvalue weighted by atomic mass is 9.96. The summed E-state index contributed by atoms with van der Waals surface area (Å²) in [7, 11) is 0. The van der Waals surface area contributed by atoms with Gasteiger partial charge >= 0.3 is 0 Å². The first-order valence-electron chi connectivity index (χ1n) is 8.51. The van der Waals surface area contributed by atoms with Crippen molar-refractivity contribution in [3.05, 3.63) is 0 Å². The van der Waals surface area contributed by atoms with E-state index in [4.69, 9.17) is 0 Å². The van der Waals surface area contributed by atoms with Gasteiger partial charge < -0.3 is 15.1 Å². The Hall–Kier alpha value is -0.120. The van der Waals surface area contributed by atoms with Crippen molar-refractivity contribution in [2.45, 2.75) is 45.1 Å². The van der Waals surface area contributed by atoms with Crippen LogP contribution in [0.1, 0.15) is 39.0 Å². The molecule has 0 aromatic heterocycles. The molecule has 0 radical (unpaired) electrons. The summed E-state index contributed by atoms with van der Waals surface area (Å²) in [5, 5.41) is 3.70. The van der Waals surface area contributed by atoms with Crippen molar-refractivity contribution in [1.29, 1.82) is 0 Å². The van der Waals surface area contributed by atoms with Gasteiger partial charge in [-0.05, 0) is 76.7 Å². The van der Waals surface area contributed by atoms with Crippen LogP contribution in [0.5, 0.6) is 0 Å². The Balaban J connectivity index is 1.32. The Morgan fingerprint density at radius 1 is 0.895 bits per heavy atom.